The minimum atomic E-state index is -4.39. The Morgan fingerprint density at radius 1 is 1.23 bits per heavy atom. The van der Waals surface area contributed by atoms with Gasteiger partial charge in [0.25, 0.3) is 0 Å². The van der Waals surface area contributed by atoms with Crippen LogP contribution < -0.4 is 0 Å². The normalized spacial score (nSPS) is 19.1. The molecule has 0 N–H and O–H groups in total. The van der Waals surface area contributed by atoms with Gasteiger partial charge in [0.2, 0.25) is 0 Å². The predicted molar refractivity (Wildman–Crippen MR) is 92.7 cm³/mol. The lowest BCUT2D eigenvalue weighted by atomic mass is 9.89. The number of carbonyl (C=O) groups is 1. The van der Waals surface area contributed by atoms with Gasteiger partial charge in [-0.25, -0.2) is 0 Å². The number of halogens is 3. The van der Waals surface area contributed by atoms with Crippen LogP contribution in [0.4, 0.5) is 13.2 Å². The molecule has 1 fully saturated rings. The highest BCUT2D eigenvalue weighted by Crippen LogP contribution is 2.30. The quantitative estimate of drug-likeness (QED) is 0.708. The lowest BCUT2D eigenvalue weighted by Crippen LogP contribution is -2.38. The van der Waals surface area contributed by atoms with E-state index in [9.17, 15) is 18.0 Å². The first-order valence-electron chi connectivity index (χ1n) is 8.57. The Balaban J connectivity index is 1.59. The van der Waals surface area contributed by atoms with Crippen molar-refractivity contribution in [2.75, 3.05) is 19.6 Å². The van der Waals surface area contributed by atoms with Crippen molar-refractivity contribution in [1.82, 2.24) is 4.90 Å². The van der Waals surface area contributed by atoms with Crippen LogP contribution in [0.1, 0.15) is 34.5 Å². The standard InChI is InChI=1S/C20H20F3NO2/c21-20(22,23)17-9-7-15(8-10-17)19(25)16-4-1-11-24(14-16)12-2-5-18-6-3-13-26-18/h2-3,5-10,13,16H,1,4,11-12,14H2/b5-2+/t16-/m0/s1. The van der Waals surface area contributed by atoms with Crippen molar-refractivity contribution in [3.8, 4) is 0 Å². The van der Waals surface area contributed by atoms with E-state index in [0.717, 1.165) is 37.3 Å². The molecular weight excluding hydrogens is 343 g/mol. The molecule has 0 amide bonds. The topological polar surface area (TPSA) is 33.5 Å². The van der Waals surface area contributed by atoms with Crippen molar-refractivity contribution in [2.24, 2.45) is 5.92 Å². The number of Topliss-reactive ketones (excluding diaryl/α,β-unsaturated/α-hetero) is 1. The van der Waals surface area contributed by atoms with Crippen LogP contribution in [0.15, 0.2) is 53.2 Å². The van der Waals surface area contributed by atoms with Gasteiger partial charge in [-0.15, -0.1) is 0 Å². The summed E-state index contributed by atoms with van der Waals surface area (Å²) in [7, 11) is 0. The minimum Gasteiger partial charge on any atom is -0.465 e. The average Bonchev–Trinajstić information content (AvgIpc) is 3.14. The third kappa shape index (κ3) is 4.64. The molecule has 1 atom stereocenters. The molecule has 1 aromatic heterocycles. The lowest BCUT2D eigenvalue weighted by molar-refractivity contribution is -0.137. The molecule has 26 heavy (non-hydrogen) atoms. The summed E-state index contributed by atoms with van der Waals surface area (Å²) in [4.78, 5) is 14.8. The average molecular weight is 363 g/mol. The number of piperidine rings is 1. The number of furan rings is 1. The summed E-state index contributed by atoms with van der Waals surface area (Å²) in [5.41, 5.74) is -0.390. The Hall–Kier alpha value is -2.34. The first kappa shape index (κ1) is 18.5. The Kier molecular flexibility index (Phi) is 5.61. The van der Waals surface area contributed by atoms with Gasteiger partial charge in [-0.05, 0) is 49.7 Å². The number of likely N-dealkylation sites (tertiary alicyclic amines) is 1. The number of nitrogens with zero attached hydrogens (tertiary/aromatic N) is 1. The second-order valence-corrected chi connectivity index (χ2v) is 6.46. The molecule has 0 bridgehead atoms. The van der Waals surface area contributed by atoms with Crippen LogP contribution in [0.3, 0.4) is 0 Å². The van der Waals surface area contributed by atoms with E-state index in [1.54, 1.807) is 6.26 Å². The molecule has 0 unspecified atom stereocenters. The van der Waals surface area contributed by atoms with E-state index < -0.39 is 11.7 Å². The van der Waals surface area contributed by atoms with Crippen LogP contribution in [-0.2, 0) is 6.18 Å². The Labute approximate surface area is 150 Å². The molecule has 1 aliphatic rings. The summed E-state index contributed by atoms with van der Waals surface area (Å²) < 4.78 is 43.2. The fraction of sp³-hybridized carbons (Fsp3) is 0.350. The first-order valence-corrected chi connectivity index (χ1v) is 8.57. The summed E-state index contributed by atoms with van der Waals surface area (Å²) in [5, 5.41) is 0. The number of alkyl halides is 3. The zero-order chi connectivity index (χ0) is 18.6. The van der Waals surface area contributed by atoms with Crippen molar-refractivity contribution >= 4 is 11.9 Å². The zero-order valence-electron chi connectivity index (χ0n) is 14.2. The van der Waals surface area contributed by atoms with Crippen LogP contribution >= 0.6 is 0 Å². The molecule has 6 heteroatoms. The number of ketones is 1. The summed E-state index contributed by atoms with van der Waals surface area (Å²) in [5.74, 6) is 0.510. The maximum Gasteiger partial charge on any atom is 0.416 e. The molecule has 2 heterocycles. The summed E-state index contributed by atoms with van der Waals surface area (Å²) in [6.07, 6.45) is 2.76. The minimum absolute atomic E-state index is 0.0848. The van der Waals surface area contributed by atoms with Crippen molar-refractivity contribution in [2.45, 2.75) is 19.0 Å². The SMILES string of the molecule is O=C(c1ccc(C(F)(F)F)cc1)[C@H]1CCCN(C/C=C/c2ccco2)C1. The van der Waals surface area contributed by atoms with Gasteiger partial charge < -0.3 is 4.42 Å². The third-order valence-corrected chi connectivity index (χ3v) is 4.56. The third-order valence-electron chi connectivity index (χ3n) is 4.56. The number of rotatable bonds is 5. The van der Waals surface area contributed by atoms with Crippen molar-refractivity contribution in [1.29, 1.82) is 0 Å². The van der Waals surface area contributed by atoms with Crippen LogP contribution in [0, 0.1) is 5.92 Å². The fourth-order valence-electron chi connectivity index (χ4n) is 3.20. The van der Waals surface area contributed by atoms with Gasteiger partial charge in [-0.1, -0.05) is 18.2 Å². The van der Waals surface area contributed by atoms with Crippen molar-refractivity contribution in [3.05, 3.63) is 65.6 Å². The van der Waals surface area contributed by atoms with Gasteiger partial charge >= 0.3 is 6.18 Å². The summed E-state index contributed by atoms with van der Waals surface area (Å²) in [6, 6.07) is 8.19. The van der Waals surface area contributed by atoms with Crippen LogP contribution in [0.5, 0.6) is 0 Å². The van der Waals surface area contributed by atoms with Gasteiger partial charge in [0.1, 0.15) is 5.76 Å². The molecule has 0 radical (unpaired) electrons. The van der Waals surface area contributed by atoms with E-state index in [0.29, 0.717) is 18.7 Å². The maximum atomic E-state index is 12.6. The molecule has 0 aliphatic carbocycles. The molecule has 3 rings (SSSR count). The number of carbonyl (C=O) groups excluding carboxylic acids is 1. The molecule has 1 saturated heterocycles. The van der Waals surface area contributed by atoms with Crippen LogP contribution in [0.2, 0.25) is 0 Å². The highest BCUT2D eigenvalue weighted by molar-refractivity contribution is 5.98. The van der Waals surface area contributed by atoms with Crippen LogP contribution in [0.25, 0.3) is 6.08 Å². The Morgan fingerprint density at radius 3 is 2.65 bits per heavy atom. The first-order chi connectivity index (χ1) is 12.4. The molecule has 138 valence electrons. The smallest absolute Gasteiger partial charge is 0.416 e. The molecule has 3 nitrogen and oxygen atoms in total. The number of benzene rings is 1. The summed E-state index contributed by atoms with van der Waals surface area (Å²) in [6.45, 7) is 2.22. The largest absolute Gasteiger partial charge is 0.465 e. The summed E-state index contributed by atoms with van der Waals surface area (Å²) >= 11 is 0. The molecule has 0 saturated carbocycles. The fourth-order valence-corrected chi connectivity index (χ4v) is 3.20. The lowest BCUT2D eigenvalue weighted by Gasteiger charge is -2.31. The molecule has 0 spiro atoms. The van der Waals surface area contributed by atoms with Gasteiger partial charge in [0.05, 0.1) is 11.8 Å². The van der Waals surface area contributed by atoms with Crippen LogP contribution in [-0.4, -0.2) is 30.3 Å². The molecule has 1 aromatic carbocycles. The van der Waals surface area contributed by atoms with Gasteiger partial charge in [-0.3, -0.25) is 9.69 Å². The molecule has 1 aliphatic heterocycles. The van der Waals surface area contributed by atoms with Gasteiger partial charge in [-0.2, -0.15) is 13.2 Å². The van der Waals surface area contributed by atoms with E-state index in [2.05, 4.69) is 4.90 Å². The van der Waals surface area contributed by atoms with Crippen molar-refractivity contribution < 1.29 is 22.4 Å². The molecule has 2 aromatic rings. The Morgan fingerprint density at radius 2 is 2.00 bits per heavy atom. The maximum absolute atomic E-state index is 12.6. The van der Waals surface area contributed by atoms with Crippen molar-refractivity contribution in [3.63, 3.8) is 0 Å². The second-order valence-electron chi connectivity index (χ2n) is 6.46. The van der Waals surface area contributed by atoms with E-state index in [1.165, 1.54) is 12.1 Å². The highest BCUT2D eigenvalue weighted by Gasteiger charge is 2.31. The van der Waals surface area contributed by atoms with E-state index in [4.69, 9.17) is 4.42 Å². The highest BCUT2D eigenvalue weighted by atomic mass is 19.4. The zero-order valence-corrected chi connectivity index (χ0v) is 14.2. The Bertz CT molecular complexity index is 748. The van der Waals surface area contributed by atoms with E-state index in [1.807, 2.05) is 24.3 Å². The second kappa shape index (κ2) is 7.91. The molecular formula is C20H20F3NO2. The van der Waals surface area contributed by atoms with E-state index in [-0.39, 0.29) is 11.7 Å². The van der Waals surface area contributed by atoms with Gasteiger partial charge in [0.15, 0.2) is 5.78 Å². The van der Waals surface area contributed by atoms with Gasteiger partial charge in [0, 0.05) is 24.6 Å². The number of hydrogen-bond donors (Lipinski definition) is 0. The predicted octanol–water partition coefficient (Wildman–Crippen LogP) is 4.91. The monoisotopic (exact) mass is 363 g/mol. The van der Waals surface area contributed by atoms with E-state index >= 15 is 0 Å². The number of hydrogen-bond acceptors (Lipinski definition) is 3.